The van der Waals surface area contributed by atoms with Crippen LogP contribution in [0.5, 0.6) is 0 Å². The van der Waals surface area contributed by atoms with Gasteiger partial charge in [-0.2, -0.15) is 4.68 Å². The molecule has 0 aliphatic carbocycles. The van der Waals surface area contributed by atoms with Gasteiger partial charge in [-0.3, -0.25) is 14.9 Å². The van der Waals surface area contributed by atoms with Crippen LogP contribution in [0.1, 0.15) is 28.3 Å². The van der Waals surface area contributed by atoms with Gasteiger partial charge in [0.2, 0.25) is 5.91 Å². The van der Waals surface area contributed by atoms with Crippen LogP contribution in [0.2, 0.25) is 5.02 Å². The molecule has 202 valence electrons. The quantitative estimate of drug-likeness (QED) is 0.334. The maximum atomic E-state index is 13.7. The molecule has 4 aromatic rings. The number of benzene rings is 3. The molecule has 1 aliphatic rings. The number of anilines is 1. The zero-order valence-corrected chi connectivity index (χ0v) is 22.3. The van der Waals surface area contributed by atoms with Crippen molar-refractivity contribution in [1.82, 2.24) is 25.1 Å². The number of ether oxygens (including phenoxy) is 1. The summed E-state index contributed by atoms with van der Waals surface area (Å²) in [6.45, 7) is 0.397. The van der Waals surface area contributed by atoms with Gasteiger partial charge in [0.05, 0.1) is 12.8 Å². The minimum absolute atomic E-state index is 0.111. The molecule has 1 atom stereocenters. The van der Waals surface area contributed by atoms with E-state index >= 15 is 0 Å². The number of carbonyl (C=O) groups is 3. The van der Waals surface area contributed by atoms with Crippen LogP contribution in [0.4, 0.5) is 10.5 Å². The van der Waals surface area contributed by atoms with Crippen molar-refractivity contribution in [3.8, 4) is 5.69 Å². The number of methoxy groups -OCH3 is 1. The molecule has 0 spiro atoms. The molecule has 0 bridgehead atoms. The van der Waals surface area contributed by atoms with Crippen molar-refractivity contribution >= 4 is 41.1 Å². The van der Waals surface area contributed by atoms with E-state index in [0.29, 0.717) is 34.9 Å². The van der Waals surface area contributed by atoms with Gasteiger partial charge in [0.25, 0.3) is 0 Å². The molecule has 0 radical (unpaired) electrons. The molecule has 11 heteroatoms. The highest BCUT2D eigenvalue weighted by atomic mass is 35.5. The van der Waals surface area contributed by atoms with Gasteiger partial charge in [0.15, 0.2) is 5.78 Å². The van der Waals surface area contributed by atoms with E-state index < -0.39 is 12.1 Å². The maximum absolute atomic E-state index is 13.7. The Bertz CT molecular complexity index is 1570. The second kappa shape index (κ2) is 11.9. The van der Waals surface area contributed by atoms with Crippen LogP contribution in [0.25, 0.3) is 11.8 Å². The summed E-state index contributed by atoms with van der Waals surface area (Å²) < 4.78 is 6.09. The van der Waals surface area contributed by atoms with Gasteiger partial charge in [0.1, 0.15) is 12.4 Å². The number of rotatable bonds is 7. The molecule has 2 heterocycles. The summed E-state index contributed by atoms with van der Waals surface area (Å²) in [6, 6.07) is 19.1. The molecule has 10 nitrogen and oxygen atoms in total. The largest absolute Gasteiger partial charge is 0.453 e. The van der Waals surface area contributed by atoms with E-state index in [1.165, 1.54) is 24.2 Å². The van der Waals surface area contributed by atoms with Gasteiger partial charge in [-0.25, -0.2) is 4.79 Å². The molecule has 40 heavy (non-hydrogen) atoms. The summed E-state index contributed by atoms with van der Waals surface area (Å²) in [7, 11) is 1.29. The minimum Gasteiger partial charge on any atom is -0.453 e. The highest BCUT2D eigenvalue weighted by Crippen LogP contribution is 2.32. The molecule has 3 aromatic carbocycles. The summed E-state index contributed by atoms with van der Waals surface area (Å²) in [5, 5.41) is 14.4. The highest BCUT2D eigenvalue weighted by molar-refractivity contribution is 6.30. The number of nitrogens with one attached hydrogen (secondary N) is 1. The van der Waals surface area contributed by atoms with E-state index in [2.05, 4.69) is 25.6 Å². The SMILES string of the molecule is COC(=O)Nc1ccc(CC(=O)[C@@H]2c3ccccc3CCN2C(=O)/C=C/c2cc(Cl)ccc2-n2cnnn2)cc1. The Morgan fingerprint density at radius 2 is 1.90 bits per heavy atom. The Balaban J connectivity index is 1.40. The average Bonchev–Trinajstić information content (AvgIpc) is 3.51. The van der Waals surface area contributed by atoms with Crippen LogP contribution in [-0.2, 0) is 27.2 Å². The smallest absolute Gasteiger partial charge is 0.411 e. The number of ketones is 1. The van der Waals surface area contributed by atoms with E-state index in [9.17, 15) is 14.4 Å². The molecule has 1 aromatic heterocycles. The fraction of sp³-hybridized carbons (Fsp3) is 0.172. The Labute approximate surface area is 235 Å². The first-order chi connectivity index (χ1) is 19.4. The van der Waals surface area contributed by atoms with E-state index in [4.69, 9.17) is 11.6 Å². The molecule has 0 saturated heterocycles. The van der Waals surface area contributed by atoms with E-state index in [1.807, 2.05) is 24.3 Å². The lowest BCUT2D eigenvalue weighted by atomic mass is 9.88. The standard InChI is InChI=1S/C29H25ClN6O4/c1-40-29(39)32-23-10-6-19(7-11-23)16-26(37)28-24-5-3-2-4-20(24)14-15-35(28)27(38)13-8-21-17-22(30)9-12-25(21)36-18-31-33-34-36/h2-13,17-18,28H,14-16H2,1H3,(H,32,39)/b13-8+/t28-/m0/s1. The fourth-order valence-corrected chi connectivity index (χ4v) is 4.90. The number of nitrogens with zero attached hydrogens (tertiary/aromatic N) is 5. The predicted molar refractivity (Wildman–Crippen MR) is 149 cm³/mol. The maximum Gasteiger partial charge on any atom is 0.411 e. The van der Waals surface area contributed by atoms with Gasteiger partial charge in [-0.05, 0) is 69.9 Å². The highest BCUT2D eigenvalue weighted by Gasteiger charge is 2.34. The first-order valence-corrected chi connectivity index (χ1v) is 12.9. The predicted octanol–water partition coefficient (Wildman–Crippen LogP) is 4.45. The number of Topliss-reactive ketones (excluding diaryl/α,β-unsaturated/α-hetero) is 1. The normalized spacial score (nSPS) is 14.6. The molecule has 0 fully saturated rings. The second-order valence-corrected chi connectivity index (χ2v) is 9.57. The van der Waals surface area contributed by atoms with Crippen molar-refractivity contribution in [2.24, 2.45) is 0 Å². The summed E-state index contributed by atoms with van der Waals surface area (Å²) in [6.07, 6.45) is 4.73. The molecule has 0 unspecified atom stereocenters. The van der Waals surface area contributed by atoms with Crippen molar-refractivity contribution in [2.45, 2.75) is 18.9 Å². The number of hydrogen-bond donors (Lipinski definition) is 1. The van der Waals surface area contributed by atoms with Crippen molar-refractivity contribution < 1.29 is 19.1 Å². The lowest BCUT2D eigenvalue weighted by Crippen LogP contribution is -2.43. The number of tetrazole rings is 1. The first-order valence-electron chi connectivity index (χ1n) is 12.5. The Hall–Kier alpha value is -4.83. The number of amides is 2. The topological polar surface area (TPSA) is 119 Å². The molecule has 5 rings (SSSR count). The Morgan fingerprint density at radius 3 is 2.65 bits per heavy atom. The average molecular weight is 557 g/mol. The van der Waals surface area contributed by atoms with Crippen LogP contribution in [-0.4, -0.2) is 56.5 Å². The summed E-state index contributed by atoms with van der Waals surface area (Å²) in [5.74, 6) is -0.409. The number of halogens is 1. The molecule has 1 N–H and O–H groups in total. The third-order valence-electron chi connectivity index (χ3n) is 6.63. The Morgan fingerprint density at radius 1 is 1.10 bits per heavy atom. The van der Waals surface area contributed by atoms with Crippen LogP contribution in [0.15, 0.2) is 79.1 Å². The Kier molecular flexibility index (Phi) is 7.97. The lowest BCUT2D eigenvalue weighted by Gasteiger charge is -2.36. The summed E-state index contributed by atoms with van der Waals surface area (Å²) >= 11 is 6.22. The fourth-order valence-electron chi connectivity index (χ4n) is 4.72. The minimum atomic E-state index is -0.742. The van der Waals surface area contributed by atoms with Crippen LogP contribution in [0.3, 0.4) is 0 Å². The third kappa shape index (κ3) is 5.92. The zero-order valence-electron chi connectivity index (χ0n) is 21.5. The number of hydrogen-bond acceptors (Lipinski definition) is 7. The van der Waals surface area contributed by atoms with Gasteiger partial charge in [0, 0.05) is 35.3 Å². The van der Waals surface area contributed by atoms with E-state index in [1.54, 1.807) is 53.4 Å². The molecule has 0 saturated carbocycles. The number of aromatic nitrogens is 4. The van der Waals surface area contributed by atoms with Gasteiger partial charge in [-0.1, -0.05) is 48.0 Å². The van der Waals surface area contributed by atoms with Gasteiger partial charge >= 0.3 is 6.09 Å². The van der Waals surface area contributed by atoms with Crippen LogP contribution in [0, 0.1) is 0 Å². The summed E-state index contributed by atoms with van der Waals surface area (Å²) in [4.78, 5) is 40.4. The molecule has 1 aliphatic heterocycles. The van der Waals surface area contributed by atoms with E-state index in [-0.39, 0.29) is 18.1 Å². The van der Waals surface area contributed by atoms with Crippen LogP contribution < -0.4 is 5.32 Å². The van der Waals surface area contributed by atoms with Crippen molar-refractivity contribution in [1.29, 1.82) is 0 Å². The van der Waals surface area contributed by atoms with E-state index in [0.717, 1.165) is 16.7 Å². The number of fused-ring (bicyclic) bond motifs is 1. The lowest BCUT2D eigenvalue weighted by molar-refractivity contribution is -0.136. The third-order valence-corrected chi connectivity index (χ3v) is 6.86. The monoisotopic (exact) mass is 556 g/mol. The molecular formula is C29H25ClN6O4. The summed E-state index contributed by atoms with van der Waals surface area (Å²) in [5.41, 5.74) is 4.48. The van der Waals surface area contributed by atoms with Crippen molar-refractivity contribution in [2.75, 3.05) is 19.0 Å². The molecular weight excluding hydrogens is 532 g/mol. The van der Waals surface area contributed by atoms with Crippen LogP contribution >= 0.6 is 11.6 Å². The van der Waals surface area contributed by atoms with Gasteiger partial charge in [-0.15, -0.1) is 5.10 Å². The van der Waals surface area contributed by atoms with Crippen molar-refractivity contribution in [3.63, 3.8) is 0 Å². The van der Waals surface area contributed by atoms with Crippen molar-refractivity contribution in [3.05, 3.63) is 106 Å². The second-order valence-electron chi connectivity index (χ2n) is 9.13. The zero-order chi connectivity index (χ0) is 28.1. The number of carbonyl (C=O) groups excluding carboxylic acids is 3. The molecule has 2 amide bonds. The van der Waals surface area contributed by atoms with Gasteiger partial charge < -0.3 is 9.64 Å². The first kappa shape index (κ1) is 26.8.